The first-order valence-corrected chi connectivity index (χ1v) is 5.59. The predicted octanol–water partition coefficient (Wildman–Crippen LogP) is 2.63. The minimum atomic E-state index is -0.806. The van der Waals surface area contributed by atoms with Crippen molar-refractivity contribution >= 4 is 17.1 Å². The van der Waals surface area contributed by atoms with Crippen LogP contribution in [0, 0.1) is 11.3 Å². The third-order valence-electron chi connectivity index (χ3n) is 2.14. The summed E-state index contributed by atoms with van der Waals surface area (Å²) in [4.78, 5) is 16.6. The number of Topliss-reactive ketones (excluding diaryl/α,β-unsaturated/α-hetero) is 1. The summed E-state index contributed by atoms with van der Waals surface area (Å²) in [5, 5.41) is 10.9. The fourth-order valence-electron chi connectivity index (χ4n) is 1.37. The van der Waals surface area contributed by atoms with Gasteiger partial charge >= 0.3 is 0 Å². The summed E-state index contributed by atoms with van der Waals surface area (Å²) in [6, 6.07) is 10.7. The SMILES string of the molecule is N#CC(C(=O)c1cccs1)c1ccccn1. The van der Waals surface area contributed by atoms with Gasteiger partial charge < -0.3 is 0 Å². The normalized spacial score (nSPS) is 11.7. The van der Waals surface area contributed by atoms with E-state index in [1.54, 1.807) is 36.5 Å². The minimum Gasteiger partial charge on any atom is -0.291 e. The molecule has 0 aliphatic carbocycles. The lowest BCUT2D eigenvalue weighted by Gasteiger charge is -2.05. The average Bonchev–Trinajstić information content (AvgIpc) is 2.85. The number of aromatic nitrogens is 1. The van der Waals surface area contributed by atoms with Gasteiger partial charge in [-0.05, 0) is 23.6 Å². The summed E-state index contributed by atoms with van der Waals surface area (Å²) in [5.74, 6) is -0.990. The predicted molar refractivity (Wildman–Crippen MR) is 61.2 cm³/mol. The van der Waals surface area contributed by atoms with Crippen LogP contribution in [0.3, 0.4) is 0 Å². The fourth-order valence-corrected chi connectivity index (χ4v) is 2.06. The van der Waals surface area contributed by atoms with Crippen LogP contribution in [0.2, 0.25) is 0 Å². The molecule has 0 amide bonds. The quantitative estimate of drug-likeness (QED) is 0.759. The monoisotopic (exact) mass is 228 g/mol. The van der Waals surface area contributed by atoms with Crippen LogP contribution < -0.4 is 0 Å². The Morgan fingerprint density at radius 2 is 2.25 bits per heavy atom. The first-order valence-electron chi connectivity index (χ1n) is 4.71. The molecular weight excluding hydrogens is 220 g/mol. The van der Waals surface area contributed by atoms with E-state index in [1.807, 2.05) is 11.4 Å². The summed E-state index contributed by atoms with van der Waals surface area (Å²) >= 11 is 1.34. The Morgan fingerprint density at radius 1 is 1.38 bits per heavy atom. The number of thiophene rings is 1. The molecule has 0 saturated heterocycles. The molecule has 1 atom stereocenters. The van der Waals surface area contributed by atoms with Gasteiger partial charge in [-0.25, -0.2) is 0 Å². The maximum absolute atomic E-state index is 12.0. The van der Waals surface area contributed by atoms with Gasteiger partial charge in [0.1, 0.15) is 0 Å². The molecule has 0 bridgehead atoms. The highest BCUT2D eigenvalue weighted by molar-refractivity contribution is 7.12. The van der Waals surface area contributed by atoms with Crippen molar-refractivity contribution in [2.24, 2.45) is 0 Å². The molecule has 0 aliphatic heterocycles. The molecule has 3 nitrogen and oxygen atoms in total. The van der Waals surface area contributed by atoms with Gasteiger partial charge in [0.25, 0.3) is 0 Å². The molecule has 2 aromatic rings. The van der Waals surface area contributed by atoms with Crippen molar-refractivity contribution in [3.63, 3.8) is 0 Å². The summed E-state index contributed by atoms with van der Waals surface area (Å²) in [5.41, 5.74) is 0.503. The van der Waals surface area contributed by atoms with E-state index in [0.29, 0.717) is 10.6 Å². The topological polar surface area (TPSA) is 53.8 Å². The number of carbonyl (C=O) groups excluding carboxylic acids is 1. The third kappa shape index (κ3) is 2.00. The van der Waals surface area contributed by atoms with Crippen molar-refractivity contribution in [1.29, 1.82) is 5.26 Å². The highest BCUT2D eigenvalue weighted by atomic mass is 32.1. The molecule has 0 saturated carbocycles. The highest BCUT2D eigenvalue weighted by Gasteiger charge is 2.23. The first-order chi connectivity index (χ1) is 7.83. The molecule has 2 heterocycles. The number of pyridine rings is 1. The van der Waals surface area contributed by atoms with E-state index < -0.39 is 5.92 Å². The molecule has 0 spiro atoms. The van der Waals surface area contributed by atoms with Crippen LogP contribution in [0.5, 0.6) is 0 Å². The van der Waals surface area contributed by atoms with Crippen LogP contribution in [0.1, 0.15) is 21.3 Å². The maximum atomic E-state index is 12.0. The third-order valence-corrected chi connectivity index (χ3v) is 3.02. The number of ketones is 1. The van der Waals surface area contributed by atoms with E-state index in [9.17, 15) is 4.79 Å². The van der Waals surface area contributed by atoms with Gasteiger partial charge in [-0.15, -0.1) is 11.3 Å². The van der Waals surface area contributed by atoms with Gasteiger partial charge in [-0.1, -0.05) is 12.1 Å². The average molecular weight is 228 g/mol. The van der Waals surface area contributed by atoms with E-state index in [-0.39, 0.29) is 5.78 Å². The molecule has 16 heavy (non-hydrogen) atoms. The number of hydrogen-bond donors (Lipinski definition) is 0. The standard InChI is InChI=1S/C12H8N2OS/c13-8-9(10-4-1-2-6-14-10)12(15)11-5-3-7-16-11/h1-7,9H. The molecule has 4 heteroatoms. The van der Waals surface area contributed by atoms with E-state index >= 15 is 0 Å². The molecule has 0 N–H and O–H groups in total. The van der Waals surface area contributed by atoms with Crippen LogP contribution in [0.25, 0.3) is 0 Å². The van der Waals surface area contributed by atoms with E-state index in [2.05, 4.69) is 4.98 Å². The summed E-state index contributed by atoms with van der Waals surface area (Å²) in [7, 11) is 0. The van der Waals surface area contributed by atoms with Crippen LogP contribution in [-0.2, 0) is 0 Å². The van der Waals surface area contributed by atoms with Gasteiger partial charge in [0, 0.05) is 6.20 Å². The van der Waals surface area contributed by atoms with Crippen LogP contribution in [0.15, 0.2) is 41.9 Å². The number of rotatable bonds is 3. The van der Waals surface area contributed by atoms with Gasteiger partial charge in [-0.2, -0.15) is 5.26 Å². The minimum absolute atomic E-state index is 0.184. The molecule has 0 fully saturated rings. The van der Waals surface area contributed by atoms with E-state index in [0.717, 1.165) is 0 Å². The Balaban J connectivity index is 2.32. The van der Waals surface area contributed by atoms with Crippen LogP contribution >= 0.6 is 11.3 Å². The van der Waals surface area contributed by atoms with Crippen molar-refractivity contribution in [3.8, 4) is 6.07 Å². The van der Waals surface area contributed by atoms with Gasteiger partial charge in [0.15, 0.2) is 11.7 Å². The van der Waals surface area contributed by atoms with E-state index in [1.165, 1.54) is 11.3 Å². The van der Waals surface area contributed by atoms with Crippen molar-refractivity contribution in [2.75, 3.05) is 0 Å². The zero-order valence-corrected chi connectivity index (χ0v) is 9.15. The molecule has 2 aromatic heterocycles. The Labute approximate surface area is 97.0 Å². The zero-order chi connectivity index (χ0) is 11.4. The molecule has 78 valence electrons. The summed E-state index contributed by atoms with van der Waals surface area (Å²) < 4.78 is 0. The number of carbonyl (C=O) groups is 1. The molecule has 2 rings (SSSR count). The van der Waals surface area contributed by atoms with Crippen LogP contribution in [0.4, 0.5) is 0 Å². The van der Waals surface area contributed by atoms with Crippen molar-refractivity contribution in [2.45, 2.75) is 5.92 Å². The second-order valence-electron chi connectivity index (χ2n) is 3.16. The smallest absolute Gasteiger partial charge is 0.195 e. The summed E-state index contributed by atoms with van der Waals surface area (Å²) in [6.45, 7) is 0. The molecule has 0 radical (unpaired) electrons. The number of hydrogen-bond acceptors (Lipinski definition) is 4. The Morgan fingerprint density at radius 3 is 2.81 bits per heavy atom. The van der Waals surface area contributed by atoms with Crippen molar-refractivity contribution in [3.05, 3.63) is 52.5 Å². The largest absolute Gasteiger partial charge is 0.291 e. The van der Waals surface area contributed by atoms with Gasteiger partial charge in [-0.3, -0.25) is 9.78 Å². The lowest BCUT2D eigenvalue weighted by Crippen LogP contribution is -2.11. The lowest BCUT2D eigenvalue weighted by molar-refractivity contribution is 0.0981. The molecule has 0 aliphatic rings. The fraction of sp³-hybridized carbons (Fsp3) is 0.0833. The van der Waals surface area contributed by atoms with Crippen molar-refractivity contribution in [1.82, 2.24) is 4.98 Å². The second-order valence-corrected chi connectivity index (χ2v) is 4.11. The zero-order valence-electron chi connectivity index (χ0n) is 8.33. The Kier molecular flexibility index (Phi) is 3.08. The van der Waals surface area contributed by atoms with Gasteiger partial charge in [0.05, 0.1) is 16.6 Å². The second kappa shape index (κ2) is 4.69. The van der Waals surface area contributed by atoms with Crippen molar-refractivity contribution < 1.29 is 4.79 Å². The maximum Gasteiger partial charge on any atom is 0.195 e. The Hall–Kier alpha value is -1.99. The lowest BCUT2D eigenvalue weighted by atomic mass is 10.0. The van der Waals surface area contributed by atoms with Gasteiger partial charge in [0.2, 0.25) is 0 Å². The van der Waals surface area contributed by atoms with Crippen LogP contribution in [-0.4, -0.2) is 10.8 Å². The number of nitriles is 1. The van der Waals surface area contributed by atoms with E-state index in [4.69, 9.17) is 5.26 Å². The Bertz CT molecular complexity index is 514. The molecular formula is C12H8N2OS. The molecule has 0 aromatic carbocycles. The number of nitrogens with zero attached hydrogens (tertiary/aromatic N) is 2. The molecule has 1 unspecified atom stereocenters. The first kappa shape index (κ1) is 10.5. The summed E-state index contributed by atoms with van der Waals surface area (Å²) in [6.07, 6.45) is 1.58. The highest BCUT2D eigenvalue weighted by Crippen LogP contribution is 2.21.